The summed E-state index contributed by atoms with van der Waals surface area (Å²) in [6, 6.07) is 0. The molecule has 6 nitrogen and oxygen atoms in total. The van der Waals surface area contributed by atoms with E-state index in [1.165, 1.54) is 0 Å². The van der Waals surface area contributed by atoms with Gasteiger partial charge in [-0.05, 0) is 0 Å². The molecule has 1 saturated heterocycles. The molecule has 13 heavy (non-hydrogen) atoms. The zero-order valence-corrected chi connectivity index (χ0v) is 8.28. The Hall–Kier alpha value is 0.279. The standard InChI is InChI=1S/C6H11O6Se/c7-1-2-3(8)4(9)5(10)6(11,13)12-2/h2-5,7-11H,1H2/t2-,3-,4+,5-,6+/m1/s1. The van der Waals surface area contributed by atoms with Crippen molar-refractivity contribution in [1.29, 1.82) is 0 Å². The van der Waals surface area contributed by atoms with Crippen LogP contribution in [0.5, 0.6) is 0 Å². The van der Waals surface area contributed by atoms with Gasteiger partial charge in [0.15, 0.2) is 0 Å². The minimum atomic E-state index is -2.08. The Kier molecular flexibility index (Phi) is 3.32. The van der Waals surface area contributed by atoms with Gasteiger partial charge in [-0.2, -0.15) is 0 Å². The van der Waals surface area contributed by atoms with E-state index < -0.39 is 35.7 Å². The van der Waals surface area contributed by atoms with Crippen molar-refractivity contribution in [2.75, 3.05) is 6.61 Å². The van der Waals surface area contributed by atoms with Crippen LogP contribution < -0.4 is 0 Å². The van der Waals surface area contributed by atoms with Crippen LogP contribution in [0.15, 0.2) is 0 Å². The van der Waals surface area contributed by atoms with Crippen molar-refractivity contribution < 1.29 is 30.3 Å². The number of aliphatic hydroxyl groups excluding tert-OH is 4. The monoisotopic (exact) mass is 259 g/mol. The molecule has 1 radical (unpaired) electrons. The van der Waals surface area contributed by atoms with E-state index in [9.17, 15) is 20.4 Å². The zero-order chi connectivity index (χ0) is 10.2. The predicted molar refractivity (Wildman–Crippen MR) is 40.7 cm³/mol. The molecule has 1 aliphatic heterocycles. The summed E-state index contributed by atoms with van der Waals surface area (Å²) in [6.45, 7) is -0.561. The van der Waals surface area contributed by atoms with E-state index in [-0.39, 0.29) is 0 Å². The van der Waals surface area contributed by atoms with Crippen LogP contribution >= 0.6 is 0 Å². The van der Waals surface area contributed by atoms with Crippen LogP contribution in [-0.4, -0.2) is 77.3 Å². The third-order valence-electron chi connectivity index (χ3n) is 1.93. The van der Waals surface area contributed by atoms with Gasteiger partial charge in [0.1, 0.15) is 0 Å². The van der Waals surface area contributed by atoms with Crippen LogP contribution in [0.4, 0.5) is 0 Å². The van der Waals surface area contributed by atoms with Gasteiger partial charge < -0.3 is 0 Å². The fourth-order valence-electron chi connectivity index (χ4n) is 1.12. The molecule has 0 aromatic carbocycles. The average Bonchev–Trinajstić information content (AvgIpc) is 2.08. The molecule has 0 unspecified atom stereocenters. The first-order valence-electron chi connectivity index (χ1n) is 3.66. The maximum atomic E-state index is 9.32. The number of ether oxygens (including phenoxy) is 1. The Labute approximate surface area is 82.6 Å². The summed E-state index contributed by atoms with van der Waals surface area (Å²) >= 11 is 2.12. The van der Waals surface area contributed by atoms with Crippen LogP contribution in [0.1, 0.15) is 0 Å². The van der Waals surface area contributed by atoms with E-state index >= 15 is 0 Å². The molecule has 1 rings (SSSR count). The molecule has 7 heteroatoms. The van der Waals surface area contributed by atoms with E-state index in [1.807, 2.05) is 0 Å². The molecule has 5 atom stereocenters. The molecule has 0 saturated carbocycles. The minimum absolute atomic E-state index is 0.561. The van der Waals surface area contributed by atoms with Gasteiger partial charge in [-0.15, -0.1) is 0 Å². The van der Waals surface area contributed by atoms with Crippen molar-refractivity contribution in [2.24, 2.45) is 0 Å². The Morgan fingerprint density at radius 1 is 1.23 bits per heavy atom. The fraction of sp³-hybridized carbons (Fsp3) is 1.00. The number of hydrogen-bond acceptors (Lipinski definition) is 6. The molecule has 0 bridgehead atoms. The van der Waals surface area contributed by atoms with Crippen molar-refractivity contribution in [3.63, 3.8) is 0 Å². The summed E-state index contributed by atoms with van der Waals surface area (Å²) in [6.07, 6.45) is -5.75. The summed E-state index contributed by atoms with van der Waals surface area (Å²) in [4.78, 5) is 0. The summed E-state index contributed by atoms with van der Waals surface area (Å²) in [7, 11) is 0. The molecule has 0 aliphatic carbocycles. The number of aliphatic hydroxyl groups is 5. The molecule has 0 aromatic rings. The van der Waals surface area contributed by atoms with Crippen LogP contribution in [0.25, 0.3) is 0 Å². The van der Waals surface area contributed by atoms with E-state index in [1.54, 1.807) is 0 Å². The van der Waals surface area contributed by atoms with Crippen molar-refractivity contribution in [2.45, 2.75) is 29.1 Å². The topological polar surface area (TPSA) is 110 Å². The van der Waals surface area contributed by atoms with Crippen molar-refractivity contribution in [3.8, 4) is 0 Å². The van der Waals surface area contributed by atoms with Crippen LogP contribution in [0.3, 0.4) is 0 Å². The predicted octanol–water partition coefficient (Wildman–Crippen LogP) is -3.73. The van der Waals surface area contributed by atoms with E-state index in [0.717, 1.165) is 0 Å². The molecule has 1 aliphatic rings. The van der Waals surface area contributed by atoms with Crippen molar-refractivity contribution >= 4 is 16.0 Å². The van der Waals surface area contributed by atoms with Gasteiger partial charge in [-0.3, -0.25) is 0 Å². The molecule has 0 amide bonds. The van der Waals surface area contributed by atoms with Gasteiger partial charge in [0.05, 0.1) is 0 Å². The van der Waals surface area contributed by atoms with E-state index in [0.29, 0.717) is 0 Å². The zero-order valence-electron chi connectivity index (χ0n) is 6.57. The SMILES string of the molecule is OC[C@H]1O[C@](O)([Se])[C@H](O)[C@@H](O)[C@@H]1O. The Balaban J connectivity index is 2.79. The first-order chi connectivity index (χ1) is 5.90. The first-order valence-corrected chi connectivity index (χ1v) is 4.51. The average molecular weight is 258 g/mol. The number of hydrogen-bond donors (Lipinski definition) is 5. The van der Waals surface area contributed by atoms with Gasteiger partial charge in [-0.1, -0.05) is 0 Å². The van der Waals surface area contributed by atoms with Gasteiger partial charge in [0, 0.05) is 0 Å². The van der Waals surface area contributed by atoms with Crippen LogP contribution in [0.2, 0.25) is 0 Å². The second kappa shape index (κ2) is 3.80. The summed E-state index contributed by atoms with van der Waals surface area (Å²) in [5, 5.41) is 45.6. The molecular weight excluding hydrogens is 247 g/mol. The second-order valence-electron chi connectivity index (χ2n) is 2.90. The third kappa shape index (κ3) is 2.03. The normalized spacial score (nSPS) is 52.2. The van der Waals surface area contributed by atoms with Gasteiger partial charge in [0.25, 0.3) is 0 Å². The van der Waals surface area contributed by atoms with Gasteiger partial charge >= 0.3 is 82.0 Å². The molecule has 5 N–H and O–H groups in total. The molecule has 0 aromatic heterocycles. The first kappa shape index (κ1) is 11.4. The van der Waals surface area contributed by atoms with E-state index in [4.69, 9.17) is 9.84 Å². The van der Waals surface area contributed by atoms with Crippen LogP contribution in [-0.2, 0) is 4.74 Å². The fourth-order valence-corrected chi connectivity index (χ4v) is 1.68. The van der Waals surface area contributed by atoms with E-state index in [2.05, 4.69) is 16.0 Å². The van der Waals surface area contributed by atoms with Crippen molar-refractivity contribution in [3.05, 3.63) is 0 Å². The quantitative estimate of drug-likeness (QED) is 0.309. The van der Waals surface area contributed by atoms with Crippen LogP contribution in [0, 0.1) is 0 Å². The Bertz CT molecular complexity index is 184. The van der Waals surface area contributed by atoms with Gasteiger partial charge in [0.2, 0.25) is 0 Å². The second-order valence-corrected chi connectivity index (χ2v) is 4.12. The summed E-state index contributed by atoms with van der Waals surface area (Å²) in [5.74, 6) is 0. The molecule has 1 heterocycles. The number of rotatable bonds is 1. The Morgan fingerprint density at radius 3 is 2.23 bits per heavy atom. The van der Waals surface area contributed by atoms with Crippen molar-refractivity contribution in [1.82, 2.24) is 0 Å². The third-order valence-corrected chi connectivity index (χ3v) is 2.64. The van der Waals surface area contributed by atoms with Gasteiger partial charge in [-0.25, -0.2) is 0 Å². The summed E-state index contributed by atoms with van der Waals surface area (Å²) in [5.41, 5.74) is 0. The maximum absolute atomic E-state index is 9.32. The summed E-state index contributed by atoms with van der Waals surface area (Å²) < 4.78 is 2.63. The molecule has 0 spiro atoms. The molecule has 1 fully saturated rings. The Morgan fingerprint density at radius 2 is 1.77 bits per heavy atom. The molecule has 77 valence electrons. The molecular formula is C6H11O6Se.